The van der Waals surface area contributed by atoms with Gasteiger partial charge in [-0.05, 0) is 31.0 Å². The highest BCUT2D eigenvalue weighted by Gasteiger charge is 2.22. The summed E-state index contributed by atoms with van der Waals surface area (Å²) in [6, 6.07) is 5.26. The Kier molecular flexibility index (Phi) is 2.96. The zero-order chi connectivity index (χ0) is 12.5. The van der Waals surface area contributed by atoms with Crippen molar-refractivity contribution in [3.05, 3.63) is 29.0 Å². The molecule has 4 nitrogen and oxygen atoms in total. The van der Waals surface area contributed by atoms with Gasteiger partial charge >= 0.3 is 0 Å². The van der Waals surface area contributed by atoms with E-state index in [9.17, 15) is 0 Å². The molecule has 0 bridgehead atoms. The fourth-order valence-electron chi connectivity index (χ4n) is 2.44. The first-order valence-electron chi connectivity index (χ1n) is 6.12. The Labute approximate surface area is 110 Å². The van der Waals surface area contributed by atoms with Gasteiger partial charge in [0.2, 0.25) is 0 Å². The summed E-state index contributed by atoms with van der Waals surface area (Å²) in [6.45, 7) is 0. The van der Waals surface area contributed by atoms with Crippen LogP contribution in [-0.4, -0.2) is 10.1 Å². The summed E-state index contributed by atoms with van der Waals surface area (Å²) in [5, 5.41) is 4.64. The molecule has 3 rings (SSSR count). The normalized spacial score (nSPS) is 16.3. The molecule has 1 aliphatic carbocycles. The smallest absolute Gasteiger partial charge is 0.258 e. The van der Waals surface area contributed by atoms with Gasteiger partial charge in [0.25, 0.3) is 5.89 Å². The lowest BCUT2D eigenvalue weighted by Crippen LogP contribution is -1.94. The topological polar surface area (TPSA) is 64.9 Å². The number of aromatic nitrogens is 2. The van der Waals surface area contributed by atoms with Crippen molar-refractivity contribution in [1.82, 2.24) is 10.1 Å². The predicted octanol–water partition coefficient (Wildman–Crippen LogP) is 3.63. The van der Waals surface area contributed by atoms with E-state index in [0.717, 1.165) is 24.2 Å². The van der Waals surface area contributed by atoms with E-state index in [1.807, 2.05) is 0 Å². The molecule has 1 fully saturated rings. The number of halogens is 1. The summed E-state index contributed by atoms with van der Waals surface area (Å²) < 4.78 is 5.30. The van der Waals surface area contributed by atoms with E-state index in [4.69, 9.17) is 21.9 Å². The summed E-state index contributed by atoms with van der Waals surface area (Å²) in [5.41, 5.74) is 7.12. The van der Waals surface area contributed by atoms with Crippen LogP contribution in [-0.2, 0) is 0 Å². The van der Waals surface area contributed by atoms with Crippen LogP contribution in [0.4, 0.5) is 5.69 Å². The van der Waals surface area contributed by atoms with Gasteiger partial charge in [-0.3, -0.25) is 0 Å². The van der Waals surface area contributed by atoms with Crippen LogP contribution in [0.2, 0.25) is 5.02 Å². The van der Waals surface area contributed by atoms with E-state index >= 15 is 0 Å². The molecule has 0 saturated heterocycles. The highest BCUT2D eigenvalue weighted by molar-refractivity contribution is 6.31. The number of rotatable bonds is 2. The molecule has 0 atom stereocenters. The summed E-state index contributed by atoms with van der Waals surface area (Å²) in [4.78, 5) is 4.45. The summed E-state index contributed by atoms with van der Waals surface area (Å²) in [5.74, 6) is 1.74. The van der Waals surface area contributed by atoms with Crippen molar-refractivity contribution in [2.45, 2.75) is 31.6 Å². The fourth-order valence-corrected chi connectivity index (χ4v) is 2.68. The second-order valence-corrected chi connectivity index (χ2v) is 5.15. The molecule has 1 heterocycles. The van der Waals surface area contributed by atoms with Crippen LogP contribution in [0, 0.1) is 0 Å². The molecule has 2 N–H and O–H groups in total. The average Bonchev–Trinajstić information content (AvgIpc) is 2.99. The summed E-state index contributed by atoms with van der Waals surface area (Å²) >= 11 is 5.96. The van der Waals surface area contributed by atoms with Gasteiger partial charge in [-0.2, -0.15) is 4.98 Å². The van der Waals surface area contributed by atoms with Gasteiger partial charge in [-0.1, -0.05) is 29.6 Å². The van der Waals surface area contributed by atoms with E-state index in [1.165, 1.54) is 12.8 Å². The minimum atomic E-state index is 0.444. The Hall–Kier alpha value is -1.55. The van der Waals surface area contributed by atoms with E-state index in [2.05, 4.69) is 10.1 Å². The first kappa shape index (κ1) is 11.5. The van der Waals surface area contributed by atoms with Crippen LogP contribution in [0.25, 0.3) is 11.5 Å². The molecule has 2 aromatic rings. The van der Waals surface area contributed by atoms with Crippen molar-refractivity contribution in [2.75, 3.05) is 5.73 Å². The number of anilines is 1. The number of nitrogens with two attached hydrogens (primary N) is 1. The zero-order valence-electron chi connectivity index (χ0n) is 9.90. The molecule has 1 aromatic heterocycles. The molecular formula is C13H14ClN3O. The Morgan fingerprint density at radius 3 is 2.72 bits per heavy atom. The molecule has 0 radical (unpaired) electrons. The highest BCUT2D eigenvalue weighted by Crippen LogP contribution is 2.33. The summed E-state index contributed by atoms with van der Waals surface area (Å²) in [6.07, 6.45) is 4.80. The van der Waals surface area contributed by atoms with Gasteiger partial charge in [0.1, 0.15) is 0 Å². The molecule has 94 valence electrons. The third-order valence-electron chi connectivity index (χ3n) is 3.33. The lowest BCUT2D eigenvalue weighted by atomic mass is 10.1. The average molecular weight is 264 g/mol. The van der Waals surface area contributed by atoms with Gasteiger partial charge in [-0.25, -0.2) is 0 Å². The molecule has 0 amide bonds. The Morgan fingerprint density at radius 2 is 2.00 bits per heavy atom. The standard InChI is InChI=1S/C13H14ClN3O/c14-10-5-9(6-11(15)7-10)13-16-12(17-18-13)8-3-1-2-4-8/h5-8H,1-4,15H2. The lowest BCUT2D eigenvalue weighted by Gasteiger charge is -2.00. The van der Waals surface area contributed by atoms with E-state index < -0.39 is 0 Å². The van der Waals surface area contributed by atoms with E-state index in [1.54, 1.807) is 18.2 Å². The fraction of sp³-hybridized carbons (Fsp3) is 0.385. The van der Waals surface area contributed by atoms with Gasteiger partial charge in [0, 0.05) is 22.2 Å². The second-order valence-electron chi connectivity index (χ2n) is 4.71. The molecule has 5 heteroatoms. The van der Waals surface area contributed by atoms with E-state index in [-0.39, 0.29) is 0 Å². The van der Waals surface area contributed by atoms with Gasteiger partial charge < -0.3 is 10.3 Å². The third-order valence-corrected chi connectivity index (χ3v) is 3.55. The summed E-state index contributed by atoms with van der Waals surface area (Å²) in [7, 11) is 0. The molecule has 18 heavy (non-hydrogen) atoms. The molecule has 0 unspecified atom stereocenters. The number of benzene rings is 1. The Morgan fingerprint density at radius 1 is 1.22 bits per heavy atom. The lowest BCUT2D eigenvalue weighted by molar-refractivity contribution is 0.416. The van der Waals surface area contributed by atoms with Crippen molar-refractivity contribution in [3.63, 3.8) is 0 Å². The van der Waals surface area contributed by atoms with Crippen LogP contribution >= 0.6 is 11.6 Å². The largest absolute Gasteiger partial charge is 0.399 e. The third kappa shape index (κ3) is 2.20. The molecule has 1 aromatic carbocycles. The van der Waals surface area contributed by atoms with Crippen molar-refractivity contribution in [1.29, 1.82) is 0 Å². The SMILES string of the molecule is Nc1cc(Cl)cc(-c2nc(C3CCCC3)no2)c1. The van der Waals surface area contributed by atoms with Crippen LogP contribution in [0.3, 0.4) is 0 Å². The molecular weight excluding hydrogens is 250 g/mol. The first-order valence-corrected chi connectivity index (χ1v) is 6.50. The van der Waals surface area contributed by atoms with Gasteiger partial charge in [0.05, 0.1) is 0 Å². The number of hydrogen-bond acceptors (Lipinski definition) is 4. The zero-order valence-corrected chi connectivity index (χ0v) is 10.7. The maximum atomic E-state index is 5.96. The van der Waals surface area contributed by atoms with Crippen LogP contribution < -0.4 is 5.73 Å². The van der Waals surface area contributed by atoms with Crippen LogP contribution in [0.15, 0.2) is 22.7 Å². The van der Waals surface area contributed by atoms with Crippen molar-refractivity contribution >= 4 is 17.3 Å². The minimum absolute atomic E-state index is 0.444. The molecule has 0 spiro atoms. The van der Waals surface area contributed by atoms with Crippen LogP contribution in [0.1, 0.15) is 37.4 Å². The molecule has 0 aliphatic heterocycles. The monoisotopic (exact) mass is 263 g/mol. The van der Waals surface area contributed by atoms with Crippen molar-refractivity contribution < 1.29 is 4.52 Å². The van der Waals surface area contributed by atoms with Crippen LogP contribution in [0.5, 0.6) is 0 Å². The number of nitrogens with zero attached hydrogens (tertiary/aromatic N) is 2. The number of hydrogen-bond donors (Lipinski definition) is 1. The quantitative estimate of drug-likeness (QED) is 0.841. The minimum Gasteiger partial charge on any atom is -0.399 e. The van der Waals surface area contributed by atoms with Crippen molar-refractivity contribution in [2.24, 2.45) is 0 Å². The van der Waals surface area contributed by atoms with Crippen molar-refractivity contribution in [3.8, 4) is 11.5 Å². The number of nitrogen functional groups attached to an aromatic ring is 1. The first-order chi connectivity index (χ1) is 8.72. The maximum absolute atomic E-state index is 5.96. The molecule has 1 saturated carbocycles. The van der Waals surface area contributed by atoms with E-state index in [0.29, 0.717) is 22.5 Å². The predicted molar refractivity (Wildman–Crippen MR) is 70.4 cm³/mol. The van der Waals surface area contributed by atoms with Gasteiger partial charge in [-0.15, -0.1) is 0 Å². The second kappa shape index (κ2) is 4.61. The maximum Gasteiger partial charge on any atom is 0.258 e. The molecule has 1 aliphatic rings. The Bertz CT molecular complexity index is 541. The highest BCUT2D eigenvalue weighted by atomic mass is 35.5. The Balaban J connectivity index is 1.92. The van der Waals surface area contributed by atoms with Gasteiger partial charge in [0.15, 0.2) is 5.82 Å².